The molecule has 7 N–H and O–H groups in total. The number of halogens is 2. The first-order chi connectivity index (χ1) is 33.7. The molecular weight excluding hydrogens is 1010 g/mol. The molecule has 0 unspecified atom stereocenters. The highest BCUT2D eigenvalue weighted by Gasteiger charge is 2.48. The second kappa shape index (κ2) is 19.9. The predicted octanol–water partition coefficient (Wildman–Crippen LogP) is 4.31. The molecule has 4 aliphatic heterocycles. The van der Waals surface area contributed by atoms with Crippen LogP contribution in [0.1, 0.15) is 70.4 Å². The minimum Gasteiger partial charge on any atom is -0.504 e. The van der Waals surface area contributed by atoms with Gasteiger partial charge in [-0.3, -0.25) is 28.8 Å². The number of sulfonamides is 2. The Kier molecular flexibility index (Phi) is 14.4. The van der Waals surface area contributed by atoms with Gasteiger partial charge in [0.1, 0.15) is 26.9 Å². The lowest BCUT2D eigenvalue weighted by atomic mass is 9.78. The van der Waals surface area contributed by atoms with Crippen molar-refractivity contribution in [3.8, 4) is 17.2 Å². The van der Waals surface area contributed by atoms with E-state index in [9.17, 15) is 55.8 Å². The third-order valence-electron chi connectivity index (χ3n) is 14.0. The van der Waals surface area contributed by atoms with Crippen molar-refractivity contribution < 1.29 is 41.4 Å². The van der Waals surface area contributed by atoms with Crippen molar-refractivity contribution in [1.82, 2.24) is 19.2 Å². The third-order valence-corrected chi connectivity index (χ3v) is 18.8. The molecule has 0 bridgehead atoms. The van der Waals surface area contributed by atoms with Gasteiger partial charge in [0, 0.05) is 39.3 Å². The van der Waals surface area contributed by atoms with E-state index < -0.39 is 73.9 Å². The van der Waals surface area contributed by atoms with Crippen LogP contribution >= 0.6 is 23.2 Å². The van der Waals surface area contributed by atoms with Crippen LogP contribution in [-0.4, -0.2) is 93.3 Å². The van der Waals surface area contributed by atoms with Crippen molar-refractivity contribution in [1.29, 1.82) is 0 Å². The first-order valence-corrected chi connectivity index (χ1v) is 26.6. The van der Waals surface area contributed by atoms with Crippen molar-refractivity contribution in [2.45, 2.75) is 74.6 Å². The molecule has 24 heteroatoms. The molecule has 4 fully saturated rings. The van der Waals surface area contributed by atoms with Crippen LogP contribution in [0.4, 0.5) is 28.4 Å². The van der Waals surface area contributed by atoms with Gasteiger partial charge in [0.05, 0.1) is 44.9 Å². The average Bonchev–Trinajstić information content (AvgIpc) is 3.89. The van der Waals surface area contributed by atoms with Crippen molar-refractivity contribution in [2.24, 2.45) is 10.8 Å². The number of phenols is 2. The fourth-order valence-electron chi connectivity index (χ4n) is 9.70. The molecule has 4 saturated heterocycles. The van der Waals surface area contributed by atoms with Crippen LogP contribution in [-0.2, 0) is 29.6 Å². The van der Waals surface area contributed by atoms with Gasteiger partial charge < -0.3 is 41.5 Å². The second-order valence-corrected chi connectivity index (χ2v) is 22.5. The van der Waals surface area contributed by atoms with E-state index in [0.717, 1.165) is 5.56 Å². The summed E-state index contributed by atoms with van der Waals surface area (Å²) in [4.78, 5) is 71.9. The minimum absolute atomic E-state index is 0.0541. The van der Waals surface area contributed by atoms with Gasteiger partial charge in [0.25, 0.3) is 21.7 Å². The van der Waals surface area contributed by atoms with Gasteiger partial charge in [-0.2, -0.15) is 8.61 Å². The molecule has 4 aliphatic rings. The maximum atomic E-state index is 13.6. The Bertz CT molecular complexity index is 3290. The lowest BCUT2D eigenvalue weighted by molar-refractivity contribution is -0.130. The summed E-state index contributed by atoms with van der Waals surface area (Å²) in [5, 5.41) is 35.5. The molecule has 378 valence electrons. The van der Waals surface area contributed by atoms with E-state index in [2.05, 4.69) is 26.6 Å². The zero-order chi connectivity index (χ0) is 51.2. The number of nitrogens with one attached hydrogen (secondary N) is 5. The van der Waals surface area contributed by atoms with Crippen molar-refractivity contribution in [3.63, 3.8) is 0 Å². The summed E-state index contributed by atoms with van der Waals surface area (Å²) in [6.07, 6.45) is 3.43. The Morgan fingerprint density at radius 2 is 1.06 bits per heavy atom. The summed E-state index contributed by atoms with van der Waals surface area (Å²) >= 11 is 12.4. The lowest BCUT2D eigenvalue weighted by Gasteiger charge is -2.36. The van der Waals surface area contributed by atoms with E-state index >= 15 is 0 Å². The number of carbonyl (C=O) groups excluding carboxylic acids is 2. The lowest BCUT2D eigenvalue weighted by Crippen LogP contribution is -2.46. The molecular formula is C47H51Cl2N7O13S2. The van der Waals surface area contributed by atoms with Gasteiger partial charge >= 0.3 is 0 Å². The number of piperidine rings is 2. The standard InChI is InChI=1S/C27H29ClN4O6S.C20H22ClN3O7S/c1-2-18(16-6-4-3-5-7-16)30-20-21(24(35)23(20)34)31-19-9-8-17(28)25(22(19)33)39(37,38)32-14-11-27(12-15-32)10-13-29-26(27)36;1-2-31-17-13(15(26)16(17)27)23-12-4-3-11(21)18(14(12)25)32(29,30)24-9-6-20(7-10-24)5-8-22-19(20)28/h3-9,18,30-31,33H,2,10-15H2,1H3,(H,29,36);3-4,23,25H,2,5-10H2,1H3,(H,22,28)/t18-;/m1./s1. The molecule has 5 aromatic carbocycles. The van der Waals surface area contributed by atoms with Crippen LogP contribution in [0.5, 0.6) is 17.2 Å². The number of phenolic OH excluding ortho intramolecular Hbond substituents is 2. The van der Waals surface area contributed by atoms with E-state index in [0.29, 0.717) is 58.0 Å². The highest BCUT2D eigenvalue weighted by Crippen LogP contribution is 2.46. The van der Waals surface area contributed by atoms with E-state index in [1.807, 2.05) is 37.3 Å². The topological polar surface area (TPSA) is 287 Å². The van der Waals surface area contributed by atoms with Gasteiger partial charge in [-0.25, -0.2) is 16.8 Å². The van der Waals surface area contributed by atoms with Crippen LogP contribution in [0.3, 0.4) is 0 Å². The number of hydrogen-bond acceptors (Lipinski definition) is 16. The zero-order valence-electron chi connectivity index (χ0n) is 38.5. The minimum atomic E-state index is -4.23. The molecule has 0 aromatic heterocycles. The van der Waals surface area contributed by atoms with Gasteiger partial charge in [-0.15, -0.1) is 0 Å². The molecule has 0 saturated carbocycles. The quantitative estimate of drug-likeness (QED) is 0.0602. The highest BCUT2D eigenvalue weighted by molar-refractivity contribution is 7.89. The largest absolute Gasteiger partial charge is 0.504 e. The van der Waals surface area contributed by atoms with E-state index in [4.69, 9.17) is 27.9 Å². The Hall–Kier alpha value is -6.04. The Balaban J connectivity index is 0.000000194. The molecule has 71 heavy (non-hydrogen) atoms. The Morgan fingerprint density at radius 1 is 0.620 bits per heavy atom. The molecule has 4 heterocycles. The van der Waals surface area contributed by atoms with E-state index in [1.54, 1.807) is 6.92 Å². The van der Waals surface area contributed by atoms with Crippen LogP contribution in [0.15, 0.2) is 83.6 Å². The SMILES string of the molecule is CCOc1c(Nc2ccc(Cl)c(S(=O)(=O)N3CCC4(CCNC4=O)CC3)c2O)c(=O)c1=O.CC[C@@H](Nc1c(Nc2ccc(Cl)c(S(=O)(=O)N3CCC4(CCNC4=O)CC3)c2O)c(=O)c1=O)c1ccccc1. The average molecular weight is 1060 g/mol. The number of aromatic hydroxyl groups is 2. The van der Waals surface area contributed by atoms with Crippen LogP contribution < -0.4 is 53.0 Å². The molecule has 20 nitrogen and oxygen atoms in total. The number of hydrogen-bond donors (Lipinski definition) is 7. The Morgan fingerprint density at radius 3 is 1.48 bits per heavy atom. The van der Waals surface area contributed by atoms with Crippen LogP contribution in [0.25, 0.3) is 0 Å². The molecule has 0 radical (unpaired) electrons. The molecule has 2 spiro atoms. The summed E-state index contributed by atoms with van der Waals surface area (Å²) < 4.78 is 61.3. The zero-order valence-corrected chi connectivity index (χ0v) is 41.7. The van der Waals surface area contributed by atoms with E-state index in [1.165, 1.54) is 32.9 Å². The number of nitrogens with zero attached hydrogens (tertiary/aromatic N) is 2. The number of anilines is 5. The van der Waals surface area contributed by atoms with Crippen molar-refractivity contribution in [3.05, 3.63) is 111 Å². The summed E-state index contributed by atoms with van der Waals surface area (Å²) in [7, 11) is -8.44. The maximum Gasteiger partial charge on any atom is 0.272 e. The molecule has 0 aliphatic carbocycles. The first kappa shape index (κ1) is 51.3. The smallest absolute Gasteiger partial charge is 0.272 e. The first-order valence-electron chi connectivity index (χ1n) is 23.0. The molecule has 5 aromatic rings. The summed E-state index contributed by atoms with van der Waals surface area (Å²) in [5.74, 6) is -1.61. The van der Waals surface area contributed by atoms with Crippen LogP contribution in [0, 0.1) is 10.8 Å². The second-order valence-electron chi connectivity index (χ2n) is 17.9. The highest BCUT2D eigenvalue weighted by atomic mass is 35.5. The predicted molar refractivity (Wildman–Crippen MR) is 266 cm³/mol. The summed E-state index contributed by atoms with van der Waals surface area (Å²) in [6, 6.07) is 14.4. The number of rotatable bonds is 14. The van der Waals surface area contributed by atoms with Crippen molar-refractivity contribution in [2.75, 3.05) is 61.8 Å². The normalized spacial score (nSPS) is 18.5. The van der Waals surface area contributed by atoms with Gasteiger partial charge in [0.15, 0.2) is 17.2 Å². The van der Waals surface area contributed by atoms with Crippen LogP contribution in [0.2, 0.25) is 10.0 Å². The fraction of sp³-hybridized carbons (Fsp3) is 0.404. The number of carbonyl (C=O) groups is 2. The maximum absolute atomic E-state index is 13.6. The molecule has 9 rings (SSSR count). The number of amides is 2. The van der Waals surface area contributed by atoms with Crippen molar-refractivity contribution >= 4 is 83.5 Å². The fourth-order valence-corrected chi connectivity index (χ4v) is 13.8. The monoisotopic (exact) mass is 1060 g/mol. The summed E-state index contributed by atoms with van der Waals surface area (Å²) in [6.45, 7) is 5.30. The van der Waals surface area contributed by atoms with Gasteiger partial charge in [-0.05, 0) is 81.7 Å². The Labute approximate surface area is 417 Å². The van der Waals surface area contributed by atoms with E-state index in [-0.39, 0.29) is 94.9 Å². The van der Waals surface area contributed by atoms with Gasteiger partial charge in [-0.1, -0.05) is 60.5 Å². The molecule has 2 amide bonds. The number of benzene rings is 3. The van der Waals surface area contributed by atoms with Gasteiger partial charge in [0.2, 0.25) is 31.9 Å². The summed E-state index contributed by atoms with van der Waals surface area (Å²) in [5.41, 5.74) is -3.66. The molecule has 1 atom stereocenters. The number of ether oxygens (including phenoxy) is 1. The third kappa shape index (κ3) is 9.25.